The number of nitrogens with one attached hydrogen (secondary N) is 1. The van der Waals surface area contributed by atoms with Gasteiger partial charge in [-0.3, -0.25) is 19.6 Å². The second-order valence-corrected chi connectivity index (χ2v) is 6.16. The van der Waals surface area contributed by atoms with Crippen LogP contribution in [0.1, 0.15) is 25.7 Å². The number of nitrogens with zero attached hydrogens (tertiary/aromatic N) is 4. The highest BCUT2D eigenvalue weighted by atomic mass is 35.5. The van der Waals surface area contributed by atoms with Gasteiger partial charge in [-0.1, -0.05) is 0 Å². The van der Waals surface area contributed by atoms with Gasteiger partial charge in [0.15, 0.2) is 0 Å². The Morgan fingerprint density at radius 3 is 2.61 bits per heavy atom. The fourth-order valence-corrected chi connectivity index (χ4v) is 2.76. The molecule has 9 heteroatoms. The summed E-state index contributed by atoms with van der Waals surface area (Å²) in [7, 11) is 0. The molecule has 2 heterocycles. The number of aromatic nitrogens is 2. The van der Waals surface area contributed by atoms with Crippen LogP contribution in [0.15, 0.2) is 12.4 Å². The molecule has 1 saturated carbocycles. The quantitative estimate of drug-likeness (QED) is 0.619. The van der Waals surface area contributed by atoms with Crippen LogP contribution in [0.5, 0.6) is 0 Å². The number of hydrogen-bond donors (Lipinski definition) is 1. The van der Waals surface area contributed by atoms with Gasteiger partial charge in [-0.2, -0.15) is 5.10 Å². The minimum atomic E-state index is -0.509. The van der Waals surface area contributed by atoms with Crippen LogP contribution in [-0.2, 0) is 11.3 Å². The summed E-state index contributed by atoms with van der Waals surface area (Å²) >= 11 is 0. The molecule has 1 N–H and O–H groups in total. The van der Waals surface area contributed by atoms with Crippen LogP contribution in [0.25, 0.3) is 0 Å². The maximum absolute atomic E-state index is 12.2. The molecule has 0 aromatic carbocycles. The van der Waals surface area contributed by atoms with E-state index in [4.69, 9.17) is 0 Å². The highest BCUT2D eigenvalue weighted by Crippen LogP contribution is 2.28. The third kappa shape index (κ3) is 4.90. The molecule has 1 aliphatic heterocycles. The number of carbonyl (C=O) groups excluding carboxylic acids is 1. The molecule has 0 atom stereocenters. The zero-order chi connectivity index (χ0) is 15.5. The van der Waals surface area contributed by atoms with Crippen molar-refractivity contribution in [3.8, 4) is 0 Å². The van der Waals surface area contributed by atoms with Gasteiger partial charge in [-0.25, -0.2) is 0 Å². The normalized spacial score (nSPS) is 18.5. The summed E-state index contributed by atoms with van der Waals surface area (Å²) in [4.78, 5) is 24.1. The van der Waals surface area contributed by atoms with Gasteiger partial charge in [0, 0.05) is 19.1 Å². The SMILES string of the molecule is Cl.O=C(Cn1cc([N+](=O)[O-])cn1)N1CCC(NCC2CC2)CC1. The number of hydrogen-bond acceptors (Lipinski definition) is 5. The standard InChI is InChI=1S/C14H21N5O3.ClH/c20-14(10-18-9-13(8-16-18)19(21)22)17-5-3-12(4-6-17)15-7-11-1-2-11;/h8-9,11-12,15H,1-7,10H2;1H. The van der Waals surface area contributed by atoms with Crippen LogP contribution in [-0.4, -0.2) is 51.2 Å². The van der Waals surface area contributed by atoms with Crippen LogP contribution in [0.4, 0.5) is 5.69 Å². The first kappa shape index (κ1) is 17.7. The summed E-state index contributed by atoms with van der Waals surface area (Å²) in [6.07, 6.45) is 7.10. The van der Waals surface area contributed by atoms with E-state index in [-0.39, 0.29) is 30.5 Å². The topological polar surface area (TPSA) is 93.3 Å². The summed E-state index contributed by atoms with van der Waals surface area (Å²) in [5, 5.41) is 18.0. The van der Waals surface area contributed by atoms with E-state index < -0.39 is 4.92 Å². The third-order valence-electron chi connectivity index (χ3n) is 4.37. The Kier molecular flexibility index (Phi) is 5.95. The number of piperidine rings is 1. The molecule has 3 rings (SSSR count). The van der Waals surface area contributed by atoms with Gasteiger partial charge in [-0.05, 0) is 38.1 Å². The molecule has 1 amide bonds. The van der Waals surface area contributed by atoms with Crippen molar-refractivity contribution in [3.63, 3.8) is 0 Å². The van der Waals surface area contributed by atoms with Crippen molar-refractivity contribution < 1.29 is 9.72 Å². The van der Waals surface area contributed by atoms with Gasteiger partial charge in [-0.15, -0.1) is 12.4 Å². The zero-order valence-electron chi connectivity index (χ0n) is 12.9. The van der Waals surface area contributed by atoms with E-state index in [0.717, 1.165) is 38.4 Å². The second kappa shape index (κ2) is 7.74. The molecule has 1 saturated heterocycles. The zero-order valence-corrected chi connectivity index (χ0v) is 13.7. The average molecular weight is 344 g/mol. The number of halogens is 1. The largest absolute Gasteiger partial charge is 0.341 e. The highest BCUT2D eigenvalue weighted by molar-refractivity contribution is 5.85. The Bertz CT molecular complexity index is 552. The monoisotopic (exact) mass is 343 g/mol. The molecule has 2 aliphatic rings. The molecular weight excluding hydrogens is 322 g/mol. The fourth-order valence-electron chi connectivity index (χ4n) is 2.76. The Morgan fingerprint density at radius 2 is 2.04 bits per heavy atom. The Morgan fingerprint density at radius 1 is 1.35 bits per heavy atom. The van der Waals surface area contributed by atoms with E-state index in [9.17, 15) is 14.9 Å². The molecule has 128 valence electrons. The highest BCUT2D eigenvalue weighted by Gasteiger charge is 2.26. The molecule has 0 bridgehead atoms. The lowest BCUT2D eigenvalue weighted by Crippen LogP contribution is -2.46. The van der Waals surface area contributed by atoms with Crippen molar-refractivity contribution in [3.05, 3.63) is 22.5 Å². The summed E-state index contributed by atoms with van der Waals surface area (Å²) < 4.78 is 1.33. The minimum Gasteiger partial charge on any atom is -0.341 e. The fraction of sp³-hybridized carbons (Fsp3) is 0.714. The molecule has 0 spiro atoms. The number of nitro groups is 1. The summed E-state index contributed by atoms with van der Waals surface area (Å²) in [5.74, 6) is 0.842. The molecule has 1 aromatic heterocycles. The van der Waals surface area contributed by atoms with E-state index in [1.165, 1.54) is 29.9 Å². The maximum atomic E-state index is 12.2. The molecule has 0 unspecified atom stereocenters. The van der Waals surface area contributed by atoms with Crippen molar-refractivity contribution >= 4 is 24.0 Å². The van der Waals surface area contributed by atoms with E-state index >= 15 is 0 Å². The van der Waals surface area contributed by atoms with Crippen LogP contribution >= 0.6 is 12.4 Å². The maximum Gasteiger partial charge on any atom is 0.307 e. The van der Waals surface area contributed by atoms with Crippen molar-refractivity contribution in [2.45, 2.75) is 38.3 Å². The molecule has 23 heavy (non-hydrogen) atoms. The van der Waals surface area contributed by atoms with Gasteiger partial charge in [0.05, 0.1) is 4.92 Å². The van der Waals surface area contributed by atoms with Gasteiger partial charge < -0.3 is 10.2 Å². The minimum absolute atomic E-state index is 0. The predicted octanol–water partition coefficient (Wildman–Crippen LogP) is 1.20. The summed E-state index contributed by atoms with van der Waals surface area (Å²) in [5.41, 5.74) is -0.0872. The van der Waals surface area contributed by atoms with Gasteiger partial charge in [0.25, 0.3) is 0 Å². The van der Waals surface area contributed by atoms with E-state index in [1.54, 1.807) is 0 Å². The predicted molar refractivity (Wildman–Crippen MR) is 86.5 cm³/mol. The van der Waals surface area contributed by atoms with Crippen LogP contribution in [0.2, 0.25) is 0 Å². The average Bonchev–Trinajstić information content (AvgIpc) is 3.23. The second-order valence-electron chi connectivity index (χ2n) is 6.16. The van der Waals surface area contributed by atoms with Crippen LogP contribution < -0.4 is 5.32 Å². The van der Waals surface area contributed by atoms with Crippen molar-refractivity contribution in [1.82, 2.24) is 20.0 Å². The van der Waals surface area contributed by atoms with E-state index in [0.29, 0.717) is 6.04 Å². The Hall–Kier alpha value is -1.67. The number of rotatable bonds is 6. The Labute approximate surface area is 140 Å². The lowest BCUT2D eigenvalue weighted by atomic mass is 10.0. The lowest BCUT2D eigenvalue weighted by Gasteiger charge is -2.32. The molecule has 2 fully saturated rings. The van der Waals surface area contributed by atoms with Gasteiger partial charge >= 0.3 is 5.69 Å². The number of likely N-dealkylation sites (tertiary alicyclic amines) is 1. The van der Waals surface area contributed by atoms with Crippen molar-refractivity contribution in [1.29, 1.82) is 0 Å². The smallest absolute Gasteiger partial charge is 0.307 e. The van der Waals surface area contributed by atoms with Crippen LogP contribution in [0, 0.1) is 16.0 Å². The van der Waals surface area contributed by atoms with Crippen molar-refractivity contribution in [2.75, 3.05) is 19.6 Å². The van der Waals surface area contributed by atoms with Crippen molar-refractivity contribution in [2.24, 2.45) is 5.92 Å². The lowest BCUT2D eigenvalue weighted by molar-refractivity contribution is -0.385. The first-order valence-electron chi connectivity index (χ1n) is 7.80. The first-order valence-corrected chi connectivity index (χ1v) is 7.80. The molecule has 1 aromatic rings. The summed E-state index contributed by atoms with van der Waals surface area (Å²) in [6.45, 7) is 2.65. The first-order chi connectivity index (χ1) is 10.6. The Balaban J connectivity index is 0.00000192. The van der Waals surface area contributed by atoms with Crippen LogP contribution in [0.3, 0.4) is 0 Å². The summed E-state index contributed by atoms with van der Waals surface area (Å²) in [6, 6.07) is 0.510. The molecule has 8 nitrogen and oxygen atoms in total. The van der Waals surface area contributed by atoms with E-state index in [1.807, 2.05) is 4.90 Å². The van der Waals surface area contributed by atoms with Gasteiger partial charge in [0.2, 0.25) is 5.91 Å². The van der Waals surface area contributed by atoms with E-state index in [2.05, 4.69) is 10.4 Å². The number of amides is 1. The number of carbonyl (C=O) groups is 1. The molecule has 0 radical (unpaired) electrons. The molecule has 1 aliphatic carbocycles. The molecular formula is C14H22ClN5O3. The third-order valence-corrected chi connectivity index (χ3v) is 4.37. The van der Waals surface area contributed by atoms with Gasteiger partial charge in [0.1, 0.15) is 18.9 Å².